The van der Waals surface area contributed by atoms with Crippen LogP contribution in [0.5, 0.6) is 5.75 Å². The number of halogens is 1. The smallest absolute Gasteiger partial charge is 0.336 e. The molecule has 2 heterocycles. The maximum Gasteiger partial charge on any atom is 0.336 e. The zero-order valence-corrected chi connectivity index (χ0v) is 17.4. The van der Waals surface area contributed by atoms with Crippen molar-refractivity contribution in [2.45, 2.75) is 31.9 Å². The summed E-state index contributed by atoms with van der Waals surface area (Å²) in [6.45, 7) is 3.43. The minimum Gasteiger partial charge on any atom is -0.491 e. The van der Waals surface area contributed by atoms with E-state index in [0.717, 1.165) is 31.4 Å². The van der Waals surface area contributed by atoms with E-state index in [4.69, 9.17) is 4.74 Å². The summed E-state index contributed by atoms with van der Waals surface area (Å²) in [5.74, 6) is -0.108. The molecule has 1 atom stereocenters. The van der Waals surface area contributed by atoms with Gasteiger partial charge in [0, 0.05) is 32.6 Å². The maximum atomic E-state index is 12.9. The second-order valence-electron chi connectivity index (χ2n) is 7.95. The van der Waals surface area contributed by atoms with Crippen LogP contribution in [0.25, 0.3) is 11.0 Å². The zero-order chi connectivity index (χ0) is 22.0. The number of rotatable bonds is 6. The molecule has 3 aromatic rings. The fourth-order valence-electron chi connectivity index (χ4n) is 4.26. The Hall–Kier alpha value is -2.97. The molecule has 164 valence electrons. The molecule has 1 saturated heterocycles. The molecule has 0 aliphatic carbocycles. The van der Waals surface area contributed by atoms with Gasteiger partial charge in [-0.3, -0.25) is 9.36 Å². The Labute approximate surface area is 179 Å². The molecule has 0 radical (unpaired) electrons. The highest BCUT2D eigenvalue weighted by atomic mass is 19.1. The topological polar surface area (TPSA) is 76.7 Å². The molecular formula is C23H26FN3O4. The van der Waals surface area contributed by atoms with Crippen LogP contribution in [0.2, 0.25) is 0 Å². The maximum absolute atomic E-state index is 12.9. The molecule has 0 amide bonds. The van der Waals surface area contributed by atoms with Gasteiger partial charge < -0.3 is 14.7 Å². The lowest BCUT2D eigenvalue weighted by Gasteiger charge is -2.33. The van der Waals surface area contributed by atoms with Crippen LogP contribution in [0, 0.1) is 5.82 Å². The highest BCUT2D eigenvalue weighted by Crippen LogP contribution is 2.26. The fourth-order valence-corrected chi connectivity index (χ4v) is 4.26. The summed E-state index contributed by atoms with van der Waals surface area (Å²) in [4.78, 5) is 27.1. The lowest BCUT2D eigenvalue weighted by atomic mass is 10.0. The molecule has 4 rings (SSSR count). The van der Waals surface area contributed by atoms with Gasteiger partial charge in [0.25, 0.3) is 0 Å². The van der Waals surface area contributed by atoms with Crippen molar-refractivity contribution < 1.29 is 19.0 Å². The molecular weight excluding hydrogens is 401 g/mol. The van der Waals surface area contributed by atoms with Gasteiger partial charge >= 0.3 is 5.69 Å². The predicted octanol–water partition coefficient (Wildman–Crippen LogP) is 2.68. The Bertz CT molecular complexity index is 1110. The van der Waals surface area contributed by atoms with Crippen LogP contribution in [-0.2, 0) is 0 Å². The second kappa shape index (κ2) is 9.03. The average molecular weight is 427 g/mol. The summed E-state index contributed by atoms with van der Waals surface area (Å²) in [5, 5.41) is 10.3. The molecule has 31 heavy (non-hydrogen) atoms. The molecule has 0 spiro atoms. The summed E-state index contributed by atoms with van der Waals surface area (Å²) in [6, 6.07) is 13.1. The normalized spacial score (nSPS) is 16.5. The van der Waals surface area contributed by atoms with Crippen LogP contribution >= 0.6 is 0 Å². The first-order valence-electron chi connectivity index (χ1n) is 10.5. The molecule has 1 unspecified atom stereocenters. The first-order chi connectivity index (χ1) is 14.9. The highest BCUT2D eigenvalue weighted by Gasteiger charge is 2.26. The number of carbonyl (C=O) groups excluding carboxylic acids is 1. The number of imidazole rings is 1. The SMILES string of the molecule is CC(=O)n1c(=O)n(C2CCN(CC(O)COc3ccc(F)cc3)CC2)c2ccccc21. The Morgan fingerprint density at radius 3 is 2.42 bits per heavy atom. The number of aliphatic hydroxyl groups is 1. The lowest BCUT2D eigenvalue weighted by molar-refractivity contribution is 0.0558. The molecule has 1 aliphatic heterocycles. The molecule has 2 aromatic carbocycles. The van der Waals surface area contributed by atoms with Crippen LogP contribution in [0.4, 0.5) is 4.39 Å². The Morgan fingerprint density at radius 2 is 1.77 bits per heavy atom. The predicted molar refractivity (Wildman–Crippen MR) is 115 cm³/mol. The van der Waals surface area contributed by atoms with Crippen LogP contribution < -0.4 is 10.4 Å². The molecule has 1 aliphatic rings. The van der Waals surface area contributed by atoms with E-state index in [1.165, 1.54) is 35.8 Å². The number of likely N-dealkylation sites (tertiary alicyclic amines) is 1. The monoisotopic (exact) mass is 427 g/mol. The fraction of sp³-hybridized carbons (Fsp3) is 0.391. The van der Waals surface area contributed by atoms with E-state index in [1.807, 2.05) is 18.2 Å². The minimum absolute atomic E-state index is 0.00172. The standard InChI is InChI=1S/C23H26FN3O4/c1-16(28)26-21-4-2-3-5-22(21)27(23(26)30)18-10-12-25(13-11-18)14-19(29)15-31-20-8-6-17(24)7-9-20/h2-9,18-19,29H,10-15H2,1H3. The number of β-amino-alcohol motifs (C(OH)–C–C–N with tert-alkyl or cyclic N) is 1. The average Bonchev–Trinajstić information content (AvgIpc) is 3.06. The summed E-state index contributed by atoms with van der Waals surface area (Å²) in [5.41, 5.74) is 1.12. The zero-order valence-electron chi connectivity index (χ0n) is 17.4. The van der Waals surface area contributed by atoms with Crippen LogP contribution in [-0.4, -0.2) is 57.4 Å². The van der Waals surface area contributed by atoms with Crippen molar-refractivity contribution in [3.8, 4) is 5.75 Å². The summed E-state index contributed by atoms with van der Waals surface area (Å²) in [7, 11) is 0. The first-order valence-corrected chi connectivity index (χ1v) is 10.5. The van der Waals surface area contributed by atoms with Crippen molar-refractivity contribution in [3.05, 3.63) is 64.8 Å². The number of carbonyl (C=O) groups is 1. The van der Waals surface area contributed by atoms with Crippen molar-refractivity contribution >= 4 is 16.9 Å². The highest BCUT2D eigenvalue weighted by molar-refractivity contribution is 5.89. The molecule has 1 N–H and O–H groups in total. The van der Waals surface area contributed by atoms with Gasteiger partial charge in [-0.05, 0) is 49.2 Å². The van der Waals surface area contributed by atoms with Gasteiger partial charge in [0.05, 0.1) is 11.0 Å². The minimum atomic E-state index is -0.677. The van der Waals surface area contributed by atoms with Crippen molar-refractivity contribution in [2.24, 2.45) is 0 Å². The third kappa shape index (κ3) is 4.55. The van der Waals surface area contributed by atoms with E-state index in [2.05, 4.69) is 4.90 Å². The van der Waals surface area contributed by atoms with E-state index in [0.29, 0.717) is 17.8 Å². The number of hydrogen-bond acceptors (Lipinski definition) is 5. The van der Waals surface area contributed by atoms with Gasteiger partial charge in [-0.2, -0.15) is 0 Å². The van der Waals surface area contributed by atoms with Gasteiger partial charge in [-0.15, -0.1) is 0 Å². The Balaban J connectivity index is 1.37. The first kappa shape index (κ1) is 21.3. The van der Waals surface area contributed by atoms with E-state index < -0.39 is 6.10 Å². The molecule has 1 fully saturated rings. The summed E-state index contributed by atoms with van der Waals surface area (Å²) < 4.78 is 21.4. The van der Waals surface area contributed by atoms with E-state index >= 15 is 0 Å². The third-order valence-electron chi connectivity index (χ3n) is 5.74. The van der Waals surface area contributed by atoms with Crippen molar-refractivity contribution in [2.75, 3.05) is 26.2 Å². The van der Waals surface area contributed by atoms with Crippen molar-refractivity contribution in [1.82, 2.24) is 14.0 Å². The van der Waals surface area contributed by atoms with Gasteiger partial charge in [0.1, 0.15) is 24.3 Å². The number of hydrogen-bond donors (Lipinski definition) is 1. The Kier molecular flexibility index (Phi) is 6.20. The number of piperidine rings is 1. The summed E-state index contributed by atoms with van der Waals surface area (Å²) in [6.07, 6.45) is 0.818. The van der Waals surface area contributed by atoms with Crippen molar-refractivity contribution in [1.29, 1.82) is 0 Å². The third-order valence-corrected chi connectivity index (χ3v) is 5.74. The number of aromatic nitrogens is 2. The number of nitrogens with zero attached hydrogens (tertiary/aromatic N) is 3. The number of fused-ring (bicyclic) bond motifs is 1. The number of ether oxygens (including phenoxy) is 1. The van der Waals surface area contributed by atoms with Crippen molar-refractivity contribution in [3.63, 3.8) is 0 Å². The van der Waals surface area contributed by atoms with Crippen LogP contribution in [0.1, 0.15) is 30.6 Å². The number of aliphatic hydroxyl groups excluding tert-OH is 1. The summed E-state index contributed by atoms with van der Waals surface area (Å²) >= 11 is 0. The lowest BCUT2D eigenvalue weighted by Crippen LogP contribution is -2.42. The number of benzene rings is 2. The molecule has 7 nitrogen and oxygen atoms in total. The van der Waals surface area contributed by atoms with Gasteiger partial charge in [0.15, 0.2) is 0 Å². The van der Waals surface area contributed by atoms with Gasteiger partial charge in [0.2, 0.25) is 5.91 Å². The molecule has 8 heteroatoms. The van der Waals surface area contributed by atoms with E-state index in [9.17, 15) is 19.1 Å². The molecule has 1 aromatic heterocycles. The molecule has 0 bridgehead atoms. The van der Waals surface area contributed by atoms with Crippen LogP contribution in [0.3, 0.4) is 0 Å². The Morgan fingerprint density at radius 1 is 1.13 bits per heavy atom. The largest absolute Gasteiger partial charge is 0.491 e. The van der Waals surface area contributed by atoms with E-state index in [1.54, 1.807) is 10.6 Å². The van der Waals surface area contributed by atoms with Gasteiger partial charge in [-0.25, -0.2) is 13.8 Å². The number of para-hydroxylation sites is 2. The van der Waals surface area contributed by atoms with E-state index in [-0.39, 0.29) is 30.1 Å². The quantitative estimate of drug-likeness (QED) is 0.655. The van der Waals surface area contributed by atoms with Crippen LogP contribution in [0.15, 0.2) is 53.3 Å². The second-order valence-corrected chi connectivity index (χ2v) is 7.95. The molecule has 0 saturated carbocycles. The van der Waals surface area contributed by atoms with Gasteiger partial charge in [-0.1, -0.05) is 12.1 Å².